The third kappa shape index (κ3) is 4.48. The molecule has 128 valence electrons. The fourth-order valence-corrected chi connectivity index (χ4v) is 2.87. The second-order valence-corrected chi connectivity index (χ2v) is 6.12. The van der Waals surface area contributed by atoms with Crippen LogP contribution in [0.2, 0.25) is 0 Å². The van der Waals surface area contributed by atoms with Crippen molar-refractivity contribution in [3.8, 4) is 10.6 Å². The van der Waals surface area contributed by atoms with Crippen LogP contribution in [-0.2, 0) is 0 Å². The molecule has 0 saturated carbocycles. The maximum absolute atomic E-state index is 12.1. The van der Waals surface area contributed by atoms with Crippen LogP contribution in [0.4, 0.5) is 11.6 Å². The zero-order chi connectivity index (χ0) is 17.5. The van der Waals surface area contributed by atoms with E-state index in [9.17, 15) is 4.79 Å². The van der Waals surface area contributed by atoms with Gasteiger partial charge < -0.3 is 10.6 Å². The molecule has 0 bridgehead atoms. The average molecular weight is 355 g/mol. The summed E-state index contributed by atoms with van der Waals surface area (Å²) in [4.78, 5) is 17.3. The summed E-state index contributed by atoms with van der Waals surface area (Å²) in [5.41, 5.74) is 8.16. The standard InChI is InChI=1S/C16H17N7OS/c17-21-15-6-1-5-14(20-15)18-7-3-8-19-16(24)12-10-11(22-23-12)13-4-2-9-25-13/h1-2,4-6,9-10,17H,3,7-8H2,(H,18,20)(H,19,24)(H,22,23). The largest absolute Gasteiger partial charge is 0.370 e. The van der Waals surface area contributed by atoms with Gasteiger partial charge in [-0.15, -0.1) is 16.5 Å². The first kappa shape index (κ1) is 16.8. The number of nitrogens with one attached hydrogen (secondary N) is 4. The van der Waals surface area contributed by atoms with Crippen molar-refractivity contribution in [2.75, 3.05) is 18.4 Å². The molecule has 0 fully saturated rings. The molecule has 9 heteroatoms. The van der Waals surface area contributed by atoms with Crippen molar-refractivity contribution >= 4 is 28.9 Å². The van der Waals surface area contributed by atoms with E-state index in [0.29, 0.717) is 30.4 Å². The van der Waals surface area contributed by atoms with Gasteiger partial charge >= 0.3 is 0 Å². The van der Waals surface area contributed by atoms with Gasteiger partial charge in [-0.3, -0.25) is 9.89 Å². The van der Waals surface area contributed by atoms with Crippen LogP contribution in [-0.4, -0.2) is 34.2 Å². The van der Waals surface area contributed by atoms with Crippen LogP contribution in [0.15, 0.2) is 46.9 Å². The number of hydrogen-bond donors (Lipinski definition) is 4. The van der Waals surface area contributed by atoms with Crippen molar-refractivity contribution in [3.63, 3.8) is 0 Å². The number of nitrogens with zero attached hydrogens (tertiary/aromatic N) is 3. The predicted octanol–water partition coefficient (Wildman–Crippen LogP) is 3.43. The molecule has 25 heavy (non-hydrogen) atoms. The van der Waals surface area contributed by atoms with Gasteiger partial charge in [0.25, 0.3) is 5.91 Å². The molecular formula is C16H17N7OS. The molecule has 4 N–H and O–H groups in total. The molecule has 3 heterocycles. The second kappa shape index (κ2) is 8.15. The van der Waals surface area contributed by atoms with Crippen LogP contribution in [0.1, 0.15) is 16.9 Å². The minimum atomic E-state index is -0.202. The number of H-pyrrole nitrogens is 1. The Kier molecular flexibility index (Phi) is 5.47. The molecule has 3 aromatic heterocycles. The van der Waals surface area contributed by atoms with Gasteiger partial charge in [0.15, 0.2) is 11.5 Å². The van der Waals surface area contributed by atoms with Gasteiger partial charge in [-0.2, -0.15) is 5.10 Å². The molecule has 8 nitrogen and oxygen atoms in total. The van der Waals surface area contributed by atoms with Crippen molar-refractivity contribution in [1.82, 2.24) is 20.5 Å². The molecule has 0 atom stereocenters. The molecular weight excluding hydrogens is 338 g/mol. The Balaban J connectivity index is 1.41. The topological polar surface area (TPSA) is 119 Å². The second-order valence-electron chi connectivity index (χ2n) is 5.17. The molecule has 0 aliphatic heterocycles. The molecule has 0 aliphatic carbocycles. The summed E-state index contributed by atoms with van der Waals surface area (Å²) in [6, 6.07) is 10.9. The van der Waals surface area contributed by atoms with Crippen LogP contribution in [0, 0.1) is 5.53 Å². The lowest BCUT2D eigenvalue weighted by Gasteiger charge is -2.06. The van der Waals surface area contributed by atoms with Crippen molar-refractivity contribution in [3.05, 3.63) is 47.5 Å². The van der Waals surface area contributed by atoms with Crippen LogP contribution in [0.3, 0.4) is 0 Å². The van der Waals surface area contributed by atoms with Crippen molar-refractivity contribution in [2.45, 2.75) is 6.42 Å². The number of thiophene rings is 1. The van der Waals surface area contributed by atoms with Crippen molar-refractivity contribution in [1.29, 1.82) is 5.53 Å². The number of pyridine rings is 1. The van der Waals surface area contributed by atoms with Gasteiger partial charge in [-0.25, -0.2) is 10.5 Å². The molecule has 0 saturated heterocycles. The maximum atomic E-state index is 12.1. The third-order valence-electron chi connectivity index (χ3n) is 3.39. The molecule has 3 aromatic rings. The zero-order valence-electron chi connectivity index (χ0n) is 13.3. The summed E-state index contributed by atoms with van der Waals surface area (Å²) >= 11 is 1.59. The Bertz CT molecular complexity index is 844. The fraction of sp³-hybridized carbons (Fsp3) is 0.188. The third-order valence-corrected chi connectivity index (χ3v) is 4.29. The minimum absolute atomic E-state index is 0.202. The molecule has 0 spiro atoms. The minimum Gasteiger partial charge on any atom is -0.370 e. The summed E-state index contributed by atoms with van der Waals surface area (Å²) in [5.74, 6) is 0.818. The number of carbonyl (C=O) groups excluding carboxylic acids is 1. The zero-order valence-corrected chi connectivity index (χ0v) is 14.1. The number of hydrogen-bond acceptors (Lipinski definition) is 7. The molecule has 0 aromatic carbocycles. The van der Waals surface area contributed by atoms with Gasteiger partial charge in [-0.1, -0.05) is 12.1 Å². The highest BCUT2D eigenvalue weighted by atomic mass is 32.1. The summed E-state index contributed by atoms with van der Waals surface area (Å²) in [6.07, 6.45) is 0.734. The van der Waals surface area contributed by atoms with Crippen LogP contribution >= 0.6 is 11.3 Å². The van der Waals surface area contributed by atoms with E-state index < -0.39 is 0 Å². The highest BCUT2D eigenvalue weighted by Gasteiger charge is 2.11. The van der Waals surface area contributed by atoms with E-state index >= 15 is 0 Å². The Labute approximate surface area is 148 Å². The fourth-order valence-electron chi connectivity index (χ4n) is 2.18. The summed E-state index contributed by atoms with van der Waals surface area (Å²) in [5, 5.41) is 18.2. The monoisotopic (exact) mass is 355 g/mol. The Morgan fingerprint density at radius 2 is 2.20 bits per heavy atom. The Morgan fingerprint density at radius 3 is 3.00 bits per heavy atom. The Morgan fingerprint density at radius 1 is 1.28 bits per heavy atom. The first-order valence-electron chi connectivity index (χ1n) is 7.72. The normalized spacial score (nSPS) is 10.4. The summed E-state index contributed by atoms with van der Waals surface area (Å²) in [6.45, 7) is 1.17. The molecule has 1 amide bonds. The first-order valence-corrected chi connectivity index (χ1v) is 8.60. The first-order chi connectivity index (χ1) is 12.3. The Hall–Kier alpha value is -3.07. The van der Waals surface area contributed by atoms with Gasteiger partial charge in [0, 0.05) is 13.1 Å². The van der Waals surface area contributed by atoms with Crippen molar-refractivity contribution in [2.24, 2.45) is 5.11 Å². The highest BCUT2D eigenvalue weighted by molar-refractivity contribution is 7.13. The molecule has 0 radical (unpaired) electrons. The van der Waals surface area contributed by atoms with E-state index in [1.165, 1.54) is 0 Å². The maximum Gasteiger partial charge on any atom is 0.271 e. The van der Waals surface area contributed by atoms with Gasteiger partial charge in [0.05, 0.1) is 10.6 Å². The van der Waals surface area contributed by atoms with E-state index in [4.69, 9.17) is 5.53 Å². The smallest absolute Gasteiger partial charge is 0.271 e. The van der Waals surface area contributed by atoms with E-state index in [-0.39, 0.29) is 5.91 Å². The van der Waals surface area contributed by atoms with E-state index in [1.54, 1.807) is 29.5 Å². The summed E-state index contributed by atoms with van der Waals surface area (Å²) < 4.78 is 0. The predicted molar refractivity (Wildman–Crippen MR) is 96.4 cm³/mol. The van der Waals surface area contributed by atoms with E-state index in [0.717, 1.165) is 17.0 Å². The highest BCUT2D eigenvalue weighted by Crippen LogP contribution is 2.22. The van der Waals surface area contributed by atoms with Gasteiger partial charge in [-0.05, 0) is 36.1 Å². The number of rotatable bonds is 8. The SMILES string of the molecule is N=Nc1cccc(NCCCNC(=O)c2cc(-c3cccs3)[nH]n2)n1. The van der Waals surface area contributed by atoms with Crippen LogP contribution in [0.5, 0.6) is 0 Å². The number of amides is 1. The molecule has 0 unspecified atom stereocenters. The number of anilines is 1. The number of aromatic amines is 1. The molecule has 0 aliphatic rings. The lowest BCUT2D eigenvalue weighted by atomic mass is 10.3. The summed E-state index contributed by atoms with van der Waals surface area (Å²) in [7, 11) is 0. The lowest BCUT2D eigenvalue weighted by Crippen LogP contribution is -2.26. The van der Waals surface area contributed by atoms with Crippen LogP contribution < -0.4 is 10.6 Å². The van der Waals surface area contributed by atoms with E-state index in [1.807, 2.05) is 23.6 Å². The van der Waals surface area contributed by atoms with Crippen LogP contribution in [0.25, 0.3) is 10.6 Å². The van der Waals surface area contributed by atoms with E-state index in [2.05, 4.69) is 30.9 Å². The number of carbonyl (C=O) groups is 1. The molecule has 3 rings (SSSR count). The number of aromatic nitrogens is 3. The van der Waals surface area contributed by atoms with Gasteiger partial charge in [0.2, 0.25) is 0 Å². The lowest BCUT2D eigenvalue weighted by molar-refractivity contribution is 0.0948. The average Bonchev–Trinajstić information content (AvgIpc) is 3.32. The van der Waals surface area contributed by atoms with Gasteiger partial charge in [0.1, 0.15) is 5.82 Å². The quantitative estimate of drug-likeness (QED) is 0.365. The van der Waals surface area contributed by atoms with Crippen molar-refractivity contribution < 1.29 is 4.79 Å².